The molecule has 5 heteroatoms. The molecule has 0 aliphatic carbocycles. The van der Waals surface area contributed by atoms with Gasteiger partial charge in [0.25, 0.3) is 0 Å². The Hall–Kier alpha value is -2.56. The van der Waals surface area contributed by atoms with Crippen molar-refractivity contribution >= 4 is 5.97 Å². The van der Waals surface area contributed by atoms with Gasteiger partial charge in [-0.1, -0.05) is 24.3 Å². The van der Waals surface area contributed by atoms with Crippen LogP contribution in [0.2, 0.25) is 0 Å². The van der Waals surface area contributed by atoms with Crippen LogP contribution < -0.4 is 9.47 Å². The number of rotatable bonds is 5. The van der Waals surface area contributed by atoms with E-state index in [4.69, 9.17) is 14.2 Å². The average Bonchev–Trinajstić information content (AvgIpc) is 2.99. The predicted octanol–water partition coefficient (Wildman–Crippen LogP) is 3.23. The van der Waals surface area contributed by atoms with E-state index in [0.717, 1.165) is 5.56 Å². The molecule has 0 fully saturated rings. The minimum Gasteiger partial charge on any atom is -0.461 e. The van der Waals surface area contributed by atoms with Crippen LogP contribution in [0.25, 0.3) is 0 Å². The summed E-state index contributed by atoms with van der Waals surface area (Å²) in [5.74, 6) is 0.682. The number of fused-ring (bicyclic) bond motifs is 1. The van der Waals surface area contributed by atoms with Crippen molar-refractivity contribution < 1.29 is 23.4 Å². The lowest BCUT2D eigenvalue weighted by molar-refractivity contribution is -0.144. The fourth-order valence-electron chi connectivity index (χ4n) is 2.20. The molecule has 0 amide bonds. The molecule has 0 spiro atoms. The zero-order valence-electron chi connectivity index (χ0n) is 11.9. The van der Waals surface area contributed by atoms with E-state index in [0.29, 0.717) is 23.5 Å². The van der Waals surface area contributed by atoms with Crippen LogP contribution in [-0.4, -0.2) is 12.8 Å². The smallest absolute Gasteiger partial charge is 0.306 e. The normalized spacial score (nSPS) is 12.2. The number of hydrogen-bond acceptors (Lipinski definition) is 4. The van der Waals surface area contributed by atoms with Gasteiger partial charge >= 0.3 is 5.97 Å². The number of ether oxygens (including phenoxy) is 3. The molecule has 0 unspecified atom stereocenters. The summed E-state index contributed by atoms with van der Waals surface area (Å²) in [5.41, 5.74) is 1.34. The van der Waals surface area contributed by atoms with Gasteiger partial charge < -0.3 is 14.2 Å². The monoisotopic (exact) mass is 302 g/mol. The number of benzene rings is 2. The summed E-state index contributed by atoms with van der Waals surface area (Å²) in [7, 11) is 0. The van der Waals surface area contributed by atoms with Crippen LogP contribution in [0, 0.1) is 5.82 Å². The molecule has 0 saturated carbocycles. The minimum atomic E-state index is -0.360. The molecule has 0 atom stereocenters. The Labute approximate surface area is 127 Å². The van der Waals surface area contributed by atoms with Gasteiger partial charge in [0.05, 0.1) is 0 Å². The molecule has 0 bridgehead atoms. The van der Waals surface area contributed by atoms with Gasteiger partial charge in [-0.25, -0.2) is 4.39 Å². The summed E-state index contributed by atoms with van der Waals surface area (Å²) < 4.78 is 29.1. The standard InChI is InChI=1S/C17H15FO4/c18-14-4-2-1-3-13(14)6-8-17(19)20-10-12-5-7-15-16(9-12)22-11-21-15/h1-5,7,9H,6,8,10-11H2. The summed E-state index contributed by atoms with van der Waals surface area (Å²) in [6.45, 7) is 0.369. The second-order valence-corrected chi connectivity index (χ2v) is 4.94. The first kappa shape index (κ1) is 14.4. The third-order valence-corrected chi connectivity index (χ3v) is 3.39. The molecule has 114 valence electrons. The van der Waals surface area contributed by atoms with Crippen LogP contribution in [-0.2, 0) is 22.6 Å². The molecule has 1 heterocycles. The van der Waals surface area contributed by atoms with E-state index in [1.807, 2.05) is 6.07 Å². The van der Waals surface area contributed by atoms with Crippen LogP contribution in [0.3, 0.4) is 0 Å². The zero-order chi connectivity index (χ0) is 15.4. The molecule has 2 aromatic rings. The number of esters is 1. The molecule has 22 heavy (non-hydrogen) atoms. The van der Waals surface area contributed by atoms with E-state index in [1.54, 1.807) is 30.3 Å². The third kappa shape index (κ3) is 3.36. The van der Waals surface area contributed by atoms with Gasteiger partial charge in [-0.05, 0) is 35.7 Å². The van der Waals surface area contributed by atoms with E-state index in [2.05, 4.69) is 0 Å². The topological polar surface area (TPSA) is 44.8 Å². The van der Waals surface area contributed by atoms with Gasteiger partial charge in [-0.3, -0.25) is 4.79 Å². The van der Waals surface area contributed by atoms with Gasteiger partial charge in [0.2, 0.25) is 6.79 Å². The molecule has 0 aromatic heterocycles. The third-order valence-electron chi connectivity index (χ3n) is 3.39. The number of halogens is 1. The van der Waals surface area contributed by atoms with Gasteiger partial charge in [0.15, 0.2) is 11.5 Å². The Morgan fingerprint density at radius 1 is 1.14 bits per heavy atom. The molecule has 3 rings (SSSR count). The van der Waals surface area contributed by atoms with Crippen molar-refractivity contribution in [2.75, 3.05) is 6.79 Å². The fraction of sp³-hybridized carbons (Fsp3) is 0.235. The lowest BCUT2D eigenvalue weighted by Crippen LogP contribution is -2.06. The largest absolute Gasteiger partial charge is 0.461 e. The van der Waals surface area contributed by atoms with Crippen molar-refractivity contribution in [3.63, 3.8) is 0 Å². The van der Waals surface area contributed by atoms with E-state index >= 15 is 0 Å². The summed E-state index contributed by atoms with van der Waals surface area (Å²) in [6.07, 6.45) is 0.470. The van der Waals surface area contributed by atoms with Gasteiger partial charge in [0, 0.05) is 6.42 Å². The molecule has 2 aromatic carbocycles. The second-order valence-electron chi connectivity index (χ2n) is 4.94. The highest BCUT2D eigenvalue weighted by Gasteiger charge is 2.14. The van der Waals surface area contributed by atoms with Crippen molar-refractivity contribution in [1.29, 1.82) is 0 Å². The Morgan fingerprint density at radius 3 is 2.82 bits per heavy atom. The maximum Gasteiger partial charge on any atom is 0.306 e. The predicted molar refractivity (Wildman–Crippen MR) is 77.1 cm³/mol. The first-order valence-electron chi connectivity index (χ1n) is 7.00. The highest BCUT2D eigenvalue weighted by Crippen LogP contribution is 2.32. The highest BCUT2D eigenvalue weighted by molar-refractivity contribution is 5.69. The summed E-state index contributed by atoms with van der Waals surface area (Å²) in [4.78, 5) is 11.7. The average molecular weight is 302 g/mol. The minimum absolute atomic E-state index is 0.144. The summed E-state index contributed by atoms with van der Waals surface area (Å²) >= 11 is 0. The number of aryl methyl sites for hydroxylation is 1. The SMILES string of the molecule is O=C(CCc1ccccc1F)OCc1ccc2c(c1)OCO2. The fourth-order valence-corrected chi connectivity index (χ4v) is 2.20. The highest BCUT2D eigenvalue weighted by atomic mass is 19.1. The van der Waals surface area contributed by atoms with Crippen molar-refractivity contribution in [1.82, 2.24) is 0 Å². The van der Waals surface area contributed by atoms with Crippen LogP contribution >= 0.6 is 0 Å². The first-order valence-corrected chi connectivity index (χ1v) is 7.00. The Balaban J connectivity index is 1.49. The molecule has 4 nitrogen and oxygen atoms in total. The molecular weight excluding hydrogens is 287 g/mol. The van der Waals surface area contributed by atoms with E-state index < -0.39 is 0 Å². The summed E-state index contributed by atoms with van der Waals surface area (Å²) in [6, 6.07) is 11.8. The van der Waals surface area contributed by atoms with Crippen LogP contribution in [0.4, 0.5) is 4.39 Å². The van der Waals surface area contributed by atoms with Crippen molar-refractivity contribution in [3.8, 4) is 11.5 Å². The summed E-state index contributed by atoms with van der Waals surface area (Å²) in [5, 5.41) is 0. The Bertz CT molecular complexity index is 684. The van der Waals surface area contributed by atoms with Crippen molar-refractivity contribution in [3.05, 3.63) is 59.4 Å². The van der Waals surface area contributed by atoms with Crippen LogP contribution in [0.1, 0.15) is 17.5 Å². The molecule has 0 N–H and O–H groups in total. The van der Waals surface area contributed by atoms with Crippen LogP contribution in [0.15, 0.2) is 42.5 Å². The Morgan fingerprint density at radius 2 is 1.95 bits per heavy atom. The maximum absolute atomic E-state index is 13.4. The van der Waals surface area contributed by atoms with Gasteiger partial charge in [-0.2, -0.15) is 0 Å². The van der Waals surface area contributed by atoms with Crippen LogP contribution in [0.5, 0.6) is 11.5 Å². The molecule has 1 aliphatic heterocycles. The zero-order valence-corrected chi connectivity index (χ0v) is 11.9. The van der Waals surface area contributed by atoms with E-state index in [9.17, 15) is 9.18 Å². The number of carbonyl (C=O) groups is 1. The van der Waals surface area contributed by atoms with E-state index in [-0.39, 0.29) is 31.6 Å². The lowest BCUT2D eigenvalue weighted by atomic mass is 10.1. The molecule has 0 radical (unpaired) electrons. The first-order chi connectivity index (χ1) is 10.7. The maximum atomic E-state index is 13.4. The molecular formula is C17H15FO4. The molecule has 0 saturated heterocycles. The molecule has 1 aliphatic rings. The number of carbonyl (C=O) groups excluding carboxylic acids is 1. The van der Waals surface area contributed by atoms with Crippen molar-refractivity contribution in [2.45, 2.75) is 19.4 Å². The lowest BCUT2D eigenvalue weighted by Gasteiger charge is -2.06. The Kier molecular flexibility index (Phi) is 4.23. The van der Waals surface area contributed by atoms with Gasteiger partial charge in [0.1, 0.15) is 12.4 Å². The quantitative estimate of drug-likeness (QED) is 0.795. The van der Waals surface area contributed by atoms with E-state index in [1.165, 1.54) is 6.07 Å². The number of hydrogen-bond donors (Lipinski definition) is 0. The van der Waals surface area contributed by atoms with Crippen molar-refractivity contribution in [2.24, 2.45) is 0 Å². The van der Waals surface area contributed by atoms with Gasteiger partial charge in [-0.15, -0.1) is 0 Å². The second kappa shape index (κ2) is 6.47.